The van der Waals surface area contributed by atoms with Gasteiger partial charge in [0.1, 0.15) is 17.3 Å². The van der Waals surface area contributed by atoms with Gasteiger partial charge in [-0.2, -0.15) is 0 Å². The SMILES string of the molecule is CC(CC(=O)OCC[Si](C)(C)C)ON=C(C(=O)O)c1csc(NC(c2ccccc2)(c2ccccc2)c2ccccc2)n1. The van der Waals surface area contributed by atoms with Crippen LogP contribution in [-0.4, -0.2) is 48.5 Å². The molecule has 0 fully saturated rings. The average Bonchev–Trinajstić information content (AvgIpc) is 3.44. The van der Waals surface area contributed by atoms with Crippen molar-refractivity contribution in [2.75, 3.05) is 11.9 Å². The first kappa shape index (κ1) is 31.6. The molecule has 0 spiro atoms. The van der Waals surface area contributed by atoms with E-state index in [-0.39, 0.29) is 17.8 Å². The second-order valence-corrected chi connectivity index (χ2v) is 17.9. The predicted molar refractivity (Wildman–Crippen MR) is 173 cm³/mol. The summed E-state index contributed by atoms with van der Waals surface area (Å²) in [7, 11) is -1.32. The van der Waals surface area contributed by atoms with E-state index >= 15 is 0 Å². The lowest BCUT2D eigenvalue weighted by atomic mass is 9.77. The third-order valence-electron chi connectivity index (χ3n) is 6.76. The smallest absolute Gasteiger partial charge is 0.360 e. The van der Waals surface area contributed by atoms with Crippen LogP contribution in [0.15, 0.2) is 102 Å². The van der Waals surface area contributed by atoms with E-state index < -0.39 is 31.7 Å². The number of esters is 1. The second-order valence-electron chi connectivity index (χ2n) is 11.4. The lowest BCUT2D eigenvalue weighted by molar-refractivity contribution is -0.146. The number of carboxylic acids is 1. The number of aliphatic carboxylic acids is 1. The van der Waals surface area contributed by atoms with E-state index in [0.717, 1.165) is 22.7 Å². The summed E-state index contributed by atoms with van der Waals surface area (Å²) in [5.74, 6) is -1.70. The Morgan fingerprint density at radius 1 is 0.930 bits per heavy atom. The van der Waals surface area contributed by atoms with E-state index in [0.29, 0.717) is 11.7 Å². The number of carboxylic acid groups (broad SMARTS) is 1. The maximum absolute atomic E-state index is 12.2. The molecular weight excluding hydrogens is 579 g/mol. The number of benzene rings is 3. The zero-order valence-corrected chi connectivity index (χ0v) is 26.6. The number of nitrogens with zero attached hydrogens (tertiary/aromatic N) is 2. The Morgan fingerprint density at radius 3 is 1.91 bits per heavy atom. The Morgan fingerprint density at radius 2 is 1.44 bits per heavy atom. The van der Waals surface area contributed by atoms with E-state index in [1.807, 2.05) is 54.6 Å². The zero-order valence-electron chi connectivity index (χ0n) is 24.8. The van der Waals surface area contributed by atoms with E-state index in [9.17, 15) is 14.7 Å². The van der Waals surface area contributed by atoms with E-state index in [1.54, 1.807) is 12.3 Å². The van der Waals surface area contributed by atoms with Gasteiger partial charge in [0.25, 0.3) is 0 Å². The fraction of sp³-hybridized carbons (Fsp3) is 0.273. The Hall–Kier alpha value is -4.28. The lowest BCUT2D eigenvalue weighted by Gasteiger charge is -2.36. The normalized spacial score (nSPS) is 12.8. The molecule has 0 amide bonds. The molecule has 0 saturated carbocycles. The third kappa shape index (κ3) is 8.39. The number of ether oxygens (including phenoxy) is 1. The summed E-state index contributed by atoms with van der Waals surface area (Å²) in [5, 5.41) is 19.6. The van der Waals surface area contributed by atoms with Crippen LogP contribution in [0.4, 0.5) is 5.13 Å². The van der Waals surface area contributed by atoms with Crippen molar-refractivity contribution in [2.45, 2.75) is 50.7 Å². The number of anilines is 1. The number of nitrogens with one attached hydrogen (secondary N) is 1. The van der Waals surface area contributed by atoms with Gasteiger partial charge in [-0.25, -0.2) is 9.78 Å². The molecule has 0 aliphatic carbocycles. The molecule has 8 nitrogen and oxygen atoms in total. The summed E-state index contributed by atoms with van der Waals surface area (Å²) in [6.45, 7) is 8.64. The number of carbonyl (C=O) groups is 2. The number of carbonyl (C=O) groups excluding carboxylic acids is 1. The molecule has 0 radical (unpaired) electrons. The van der Waals surface area contributed by atoms with Crippen molar-refractivity contribution < 1.29 is 24.3 Å². The van der Waals surface area contributed by atoms with Gasteiger partial charge in [-0.15, -0.1) is 11.3 Å². The van der Waals surface area contributed by atoms with Crippen molar-refractivity contribution in [2.24, 2.45) is 5.16 Å². The number of rotatable bonds is 14. The summed E-state index contributed by atoms with van der Waals surface area (Å²) < 4.78 is 5.32. The molecule has 4 aromatic rings. The van der Waals surface area contributed by atoms with Crippen LogP contribution in [0.5, 0.6) is 0 Å². The highest BCUT2D eigenvalue weighted by Crippen LogP contribution is 2.40. The molecule has 43 heavy (non-hydrogen) atoms. The molecule has 224 valence electrons. The first-order valence-corrected chi connectivity index (χ1v) is 18.7. The van der Waals surface area contributed by atoms with Gasteiger partial charge in [0, 0.05) is 13.5 Å². The molecule has 3 aromatic carbocycles. The van der Waals surface area contributed by atoms with E-state index in [4.69, 9.17) is 9.57 Å². The standard InChI is InChI=1S/C33H37N3O5SSi/c1-24(22-29(37)40-20-21-43(2,3)4)41-36-30(31(38)39)28-23-42-32(34-28)35-33(25-14-8-5-9-15-25,26-16-10-6-11-17-26)27-18-12-7-13-19-27/h5-19,23-24H,20-22H2,1-4H3,(H,34,35)(H,38,39). The van der Waals surface area contributed by atoms with Crippen molar-refractivity contribution in [3.63, 3.8) is 0 Å². The van der Waals surface area contributed by atoms with Crippen LogP contribution in [0.25, 0.3) is 0 Å². The van der Waals surface area contributed by atoms with Gasteiger partial charge in [-0.05, 0) is 29.7 Å². The fourth-order valence-electron chi connectivity index (χ4n) is 4.52. The summed E-state index contributed by atoms with van der Waals surface area (Å²) >= 11 is 1.27. The van der Waals surface area contributed by atoms with Gasteiger partial charge in [0.05, 0.1) is 13.0 Å². The first-order chi connectivity index (χ1) is 20.6. The molecule has 0 aliphatic rings. The van der Waals surface area contributed by atoms with Crippen LogP contribution in [0.1, 0.15) is 35.7 Å². The summed E-state index contributed by atoms with van der Waals surface area (Å²) in [5.41, 5.74) is 1.95. The topological polar surface area (TPSA) is 110 Å². The summed E-state index contributed by atoms with van der Waals surface area (Å²) in [6.07, 6.45) is -0.716. The molecule has 1 atom stereocenters. The molecule has 1 unspecified atom stereocenters. The summed E-state index contributed by atoms with van der Waals surface area (Å²) in [4.78, 5) is 34.4. The van der Waals surface area contributed by atoms with Gasteiger partial charge in [-0.1, -0.05) is 116 Å². The molecule has 0 bridgehead atoms. The van der Waals surface area contributed by atoms with Gasteiger partial charge >= 0.3 is 11.9 Å². The average molecular weight is 616 g/mol. The number of oxime groups is 1. The van der Waals surface area contributed by atoms with Crippen LogP contribution >= 0.6 is 11.3 Å². The Labute approximate surface area is 257 Å². The molecule has 1 heterocycles. The molecule has 4 rings (SSSR count). The van der Waals surface area contributed by atoms with E-state index in [1.165, 1.54) is 11.3 Å². The lowest BCUT2D eigenvalue weighted by Crippen LogP contribution is -2.38. The molecule has 2 N–H and O–H groups in total. The maximum atomic E-state index is 12.2. The van der Waals surface area contributed by atoms with Crippen LogP contribution < -0.4 is 5.32 Å². The minimum absolute atomic E-state index is 0.0419. The fourth-order valence-corrected chi connectivity index (χ4v) is 5.99. The van der Waals surface area contributed by atoms with Gasteiger partial charge in [0.2, 0.25) is 5.71 Å². The molecule has 0 aliphatic heterocycles. The second kappa shape index (κ2) is 14.3. The number of hydrogen-bond donors (Lipinski definition) is 2. The van der Waals surface area contributed by atoms with Crippen molar-refractivity contribution >= 4 is 42.2 Å². The molecular formula is C33H37N3O5SSi. The highest BCUT2D eigenvalue weighted by Gasteiger charge is 2.37. The van der Waals surface area contributed by atoms with Crippen molar-refractivity contribution in [3.8, 4) is 0 Å². The van der Waals surface area contributed by atoms with Gasteiger partial charge in [0.15, 0.2) is 5.13 Å². The number of aromatic nitrogens is 1. The highest BCUT2D eigenvalue weighted by molar-refractivity contribution is 7.14. The monoisotopic (exact) mass is 615 g/mol. The first-order valence-electron chi connectivity index (χ1n) is 14.1. The van der Waals surface area contributed by atoms with Gasteiger partial charge in [-0.3, -0.25) is 4.79 Å². The Bertz CT molecular complexity index is 1430. The van der Waals surface area contributed by atoms with Crippen molar-refractivity contribution in [3.05, 3.63) is 119 Å². The van der Waals surface area contributed by atoms with Crippen LogP contribution in [0, 0.1) is 0 Å². The van der Waals surface area contributed by atoms with Crippen LogP contribution in [-0.2, 0) is 24.7 Å². The highest BCUT2D eigenvalue weighted by atomic mass is 32.1. The Balaban J connectivity index is 1.59. The van der Waals surface area contributed by atoms with Crippen LogP contribution in [0.2, 0.25) is 25.7 Å². The van der Waals surface area contributed by atoms with Crippen molar-refractivity contribution in [1.29, 1.82) is 0 Å². The molecule has 1 aromatic heterocycles. The summed E-state index contributed by atoms with van der Waals surface area (Å²) in [6, 6.07) is 31.0. The Kier molecular flexibility index (Phi) is 10.5. The van der Waals surface area contributed by atoms with E-state index in [2.05, 4.69) is 71.5 Å². The minimum Gasteiger partial charge on any atom is -0.476 e. The van der Waals surface area contributed by atoms with Gasteiger partial charge < -0.3 is 20.0 Å². The zero-order chi connectivity index (χ0) is 30.9. The number of thiazole rings is 1. The third-order valence-corrected chi connectivity index (χ3v) is 9.22. The quantitative estimate of drug-likeness (QED) is 0.0516. The minimum atomic E-state index is -1.32. The predicted octanol–water partition coefficient (Wildman–Crippen LogP) is 7.01. The number of hydrogen-bond acceptors (Lipinski definition) is 8. The molecule has 10 heteroatoms. The van der Waals surface area contributed by atoms with Crippen LogP contribution in [0.3, 0.4) is 0 Å². The largest absolute Gasteiger partial charge is 0.476 e. The molecule has 0 saturated heterocycles. The van der Waals surface area contributed by atoms with Crippen molar-refractivity contribution in [1.82, 2.24) is 4.98 Å². The maximum Gasteiger partial charge on any atom is 0.360 e.